The summed E-state index contributed by atoms with van der Waals surface area (Å²) in [5, 5.41) is 14.3. The second-order valence-electron chi connectivity index (χ2n) is 4.75. The van der Waals surface area contributed by atoms with Crippen LogP contribution in [0.15, 0.2) is 24.3 Å². The van der Waals surface area contributed by atoms with Crippen LogP contribution in [0.5, 0.6) is 5.75 Å². The number of aromatic amines is 1. The van der Waals surface area contributed by atoms with Crippen LogP contribution in [0.2, 0.25) is 0 Å². The highest BCUT2D eigenvalue weighted by atomic mass is 16.5. The van der Waals surface area contributed by atoms with E-state index in [1.807, 2.05) is 18.2 Å². The Balaban J connectivity index is 1.90. The third kappa shape index (κ3) is 1.90. The van der Waals surface area contributed by atoms with Gasteiger partial charge in [-0.05, 0) is 23.6 Å². The number of rotatable bonds is 3. The minimum Gasteiger partial charge on any atom is -0.497 e. The number of benzene rings is 1. The summed E-state index contributed by atoms with van der Waals surface area (Å²) in [5.74, 6) is 0.843. The summed E-state index contributed by atoms with van der Waals surface area (Å²) >= 11 is 0. The van der Waals surface area contributed by atoms with Crippen LogP contribution in [0.1, 0.15) is 5.69 Å². The molecule has 1 aromatic heterocycles. The molecule has 0 bridgehead atoms. The summed E-state index contributed by atoms with van der Waals surface area (Å²) in [6.07, 6.45) is 0.664. The fourth-order valence-electron chi connectivity index (χ4n) is 2.28. The zero-order chi connectivity index (χ0) is 11.9. The molecule has 0 atom stereocenters. The Morgan fingerprint density at radius 3 is 2.82 bits per heavy atom. The van der Waals surface area contributed by atoms with Gasteiger partial charge in [-0.3, -0.25) is 0 Å². The van der Waals surface area contributed by atoms with Crippen LogP contribution in [0, 0.1) is 0 Å². The van der Waals surface area contributed by atoms with Crippen molar-refractivity contribution in [2.75, 3.05) is 20.2 Å². The molecule has 0 amide bonds. The molecule has 2 heterocycles. The molecular weight excluding hydrogens is 216 g/mol. The predicted octanol–water partition coefficient (Wildman–Crippen LogP) is 1.05. The first-order valence-corrected chi connectivity index (χ1v) is 5.77. The lowest BCUT2D eigenvalue weighted by molar-refractivity contribution is -0.00967. The van der Waals surface area contributed by atoms with Crippen LogP contribution in [0.4, 0.5) is 0 Å². The van der Waals surface area contributed by atoms with Crippen LogP contribution in [0.25, 0.3) is 10.9 Å². The summed E-state index contributed by atoms with van der Waals surface area (Å²) in [6.45, 7) is 1.34. The Kier molecular flexibility index (Phi) is 2.34. The fourth-order valence-corrected chi connectivity index (χ4v) is 2.28. The molecule has 0 saturated carbocycles. The van der Waals surface area contributed by atoms with Gasteiger partial charge in [0.1, 0.15) is 5.75 Å². The van der Waals surface area contributed by atoms with Crippen molar-refractivity contribution in [3.05, 3.63) is 30.0 Å². The van der Waals surface area contributed by atoms with Crippen molar-refractivity contribution in [3.63, 3.8) is 0 Å². The lowest BCUT2D eigenvalue weighted by atomic mass is 9.91. The number of hydrogen-bond donors (Lipinski definition) is 3. The Hall–Kier alpha value is -1.52. The summed E-state index contributed by atoms with van der Waals surface area (Å²) < 4.78 is 5.19. The second kappa shape index (κ2) is 3.75. The average Bonchev–Trinajstić information content (AvgIpc) is 2.67. The highest BCUT2D eigenvalue weighted by molar-refractivity contribution is 5.81. The van der Waals surface area contributed by atoms with Crippen molar-refractivity contribution in [3.8, 4) is 5.75 Å². The Morgan fingerprint density at radius 2 is 2.18 bits per heavy atom. The van der Waals surface area contributed by atoms with Crippen LogP contribution < -0.4 is 10.1 Å². The first-order valence-electron chi connectivity index (χ1n) is 5.77. The third-order valence-corrected chi connectivity index (χ3v) is 3.31. The van der Waals surface area contributed by atoms with Gasteiger partial charge in [-0.15, -0.1) is 0 Å². The number of methoxy groups -OCH3 is 1. The standard InChI is InChI=1S/C13H16N2O2/c1-17-11-3-2-9-4-10(15-12(9)5-11)6-13(16)7-14-8-13/h2-5,14-16H,6-8H2,1H3. The van der Waals surface area contributed by atoms with Crippen molar-refractivity contribution in [2.45, 2.75) is 12.0 Å². The molecular formula is C13H16N2O2. The maximum Gasteiger partial charge on any atom is 0.120 e. The smallest absolute Gasteiger partial charge is 0.120 e. The molecule has 1 aliphatic rings. The van der Waals surface area contributed by atoms with Gasteiger partial charge in [-0.2, -0.15) is 0 Å². The fraction of sp³-hybridized carbons (Fsp3) is 0.385. The highest BCUT2D eigenvalue weighted by Crippen LogP contribution is 2.24. The summed E-state index contributed by atoms with van der Waals surface area (Å²) in [4.78, 5) is 3.33. The molecule has 3 rings (SSSR count). The molecule has 17 heavy (non-hydrogen) atoms. The van der Waals surface area contributed by atoms with Crippen LogP contribution >= 0.6 is 0 Å². The molecule has 0 aliphatic carbocycles. The molecule has 0 radical (unpaired) electrons. The maximum atomic E-state index is 10.1. The van der Waals surface area contributed by atoms with E-state index in [0.29, 0.717) is 19.5 Å². The van der Waals surface area contributed by atoms with Crippen LogP contribution in [0.3, 0.4) is 0 Å². The van der Waals surface area contributed by atoms with E-state index in [1.165, 1.54) is 0 Å². The number of H-pyrrole nitrogens is 1. The highest BCUT2D eigenvalue weighted by Gasteiger charge is 2.34. The summed E-state index contributed by atoms with van der Waals surface area (Å²) in [5.41, 5.74) is 1.54. The van der Waals surface area contributed by atoms with E-state index < -0.39 is 5.60 Å². The minimum atomic E-state index is -0.578. The van der Waals surface area contributed by atoms with Crippen molar-refractivity contribution < 1.29 is 9.84 Å². The maximum absolute atomic E-state index is 10.1. The van der Waals surface area contributed by atoms with Crippen molar-refractivity contribution >= 4 is 10.9 Å². The van der Waals surface area contributed by atoms with E-state index in [9.17, 15) is 5.11 Å². The molecule has 0 spiro atoms. The van der Waals surface area contributed by atoms with Gasteiger partial charge < -0.3 is 20.1 Å². The summed E-state index contributed by atoms with van der Waals surface area (Å²) in [6, 6.07) is 8.03. The van der Waals surface area contributed by atoms with Gasteiger partial charge in [0.25, 0.3) is 0 Å². The van der Waals surface area contributed by atoms with E-state index >= 15 is 0 Å². The molecule has 4 nitrogen and oxygen atoms in total. The van der Waals surface area contributed by atoms with Gasteiger partial charge in [0, 0.05) is 36.8 Å². The number of nitrogens with one attached hydrogen (secondary N) is 2. The minimum absolute atomic E-state index is 0.578. The van der Waals surface area contributed by atoms with Gasteiger partial charge >= 0.3 is 0 Å². The molecule has 0 unspecified atom stereocenters. The first kappa shape index (κ1) is 10.6. The van der Waals surface area contributed by atoms with Gasteiger partial charge in [-0.1, -0.05) is 0 Å². The zero-order valence-corrected chi connectivity index (χ0v) is 9.79. The van der Waals surface area contributed by atoms with Gasteiger partial charge in [0.05, 0.1) is 12.7 Å². The van der Waals surface area contributed by atoms with Crippen molar-refractivity contribution in [1.82, 2.24) is 10.3 Å². The van der Waals surface area contributed by atoms with E-state index in [1.54, 1.807) is 7.11 Å². The van der Waals surface area contributed by atoms with Crippen LogP contribution in [-0.2, 0) is 6.42 Å². The Morgan fingerprint density at radius 1 is 1.35 bits per heavy atom. The lowest BCUT2D eigenvalue weighted by Crippen LogP contribution is -2.60. The van der Waals surface area contributed by atoms with Crippen molar-refractivity contribution in [2.24, 2.45) is 0 Å². The second-order valence-corrected chi connectivity index (χ2v) is 4.75. The van der Waals surface area contributed by atoms with Gasteiger partial charge in [-0.25, -0.2) is 0 Å². The number of hydrogen-bond acceptors (Lipinski definition) is 3. The largest absolute Gasteiger partial charge is 0.497 e. The topological polar surface area (TPSA) is 57.3 Å². The molecule has 1 aromatic carbocycles. The zero-order valence-electron chi connectivity index (χ0n) is 9.79. The quantitative estimate of drug-likeness (QED) is 0.741. The monoisotopic (exact) mass is 232 g/mol. The Bertz CT molecular complexity index is 543. The van der Waals surface area contributed by atoms with E-state index in [4.69, 9.17) is 4.74 Å². The molecule has 1 aliphatic heterocycles. The SMILES string of the molecule is COc1ccc2cc(CC3(O)CNC3)[nH]c2c1. The predicted molar refractivity (Wildman–Crippen MR) is 66.4 cm³/mol. The first-order chi connectivity index (χ1) is 8.18. The molecule has 1 fully saturated rings. The normalized spacial score (nSPS) is 18.0. The number of aliphatic hydroxyl groups is 1. The van der Waals surface area contributed by atoms with Gasteiger partial charge in [0.15, 0.2) is 0 Å². The molecule has 90 valence electrons. The van der Waals surface area contributed by atoms with Crippen LogP contribution in [-0.4, -0.2) is 35.9 Å². The Labute approximate surface area is 99.6 Å². The summed E-state index contributed by atoms with van der Waals surface area (Å²) in [7, 11) is 1.66. The number of β-amino-alcohol motifs (C(OH)–C–C–N with tert-alkyl or cyclic N) is 1. The number of aromatic nitrogens is 1. The van der Waals surface area contributed by atoms with Crippen molar-refractivity contribution in [1.29, 1.82) is 0 Å². The molecule has 3 N–H and O–H groups in total. The number of fused-ring (bicyclic) bond motifs is 1. The van der Waals surface area contributed by atoms with E-state index in [0.717, 1.165) is 22.3 Å². The number of ether oxygens (including phenoxy) is 1. The third-order valence-electron chi connectivity index (χ3n) is 3.31. The molecule has 1 saturated heterocycles. The lowest BCUT2D eigenvalue weighted by Gasteiger charge is -2.37. The van der Waals surface area contributed by atoms with E-state index in [-0.39, 0.29) is 0 Å². The average molecular weight is 232 g/mol. The molecule has 4 heteroatoms. The van der Waals surface area contributed by atoms with Gasteiger partial charge in [0.2, 0.25) is 0 Å². The van der Waals surface area contributed by atoms with E-state index in [2.05, 4.69) is 16.4 Å². The molecule has 2 aromatic rings.